The molecule has 0 fully saturated rings. The van der Waals surface area contributed by atoms with Crippen LogP contribution < -0.4 is 15.8 Å². The molecule has 1 aromatic heterocycles. The first kappa shape index (κ1) is 16.8. The van der Waals surface area contributed by atoms with E-state index < -0.39 is 24.1 Å². The van der Waals surface area contributed by atoms with Crippen molar-refractivity contribution in [3.8, 4) is 5.75 Å². The van der Waals surface area contributed by atoms with Gasteiger partial charge in [0, 0.05) is 24.1 Å². The molecule has 1 heterocycles. The van der Waals surface area contributed by atoms with Crippen LogP contribution in [0.25, 0.3) is 0 Å². The van der Waals surface area contributed by atoms with Gasteiger partial charge in [0.15, 0.2) is 0 Å². The number of halogens is 3. The van der Waals surface area contributed by atoms with Crippen molar-refractivity contribution in [3.63, 3.8) is 0 Å². The van der Waals surface area contributed by atoms with Gasteiger partial charge in [-0.1, -0.05) is 12.1 Å². The highest BCUT2D eigenvalue weighted by molar-refractivity contribution is 5.95. The molecular formula is C15H14F3N3O2. The summed E-state index contributed by atoms with van der Waals surface area (Å²) in [5.74, 6) is -0.936. The number of nitrogens with zero attached hydrogens (tertiary/aromatic N) is 1. The van der Waals surface area contributed by atoms with E-state index in [-0.39, 0.29) is 12.1 Å². The summed E-state index contributed by atoms with van der Waals surface area (Å²) in [5.41, 5.74) is 6.73. The van der Waals surface area contributed by atoms with Crippen molar-refractivity contribution >= 4 is 11.6 Å². The topological polar surface area (TPSA) is 77.2 Å². The number of pyridine rings is 1. The Bertz CT molecular complexity index is 663. The van der Waals surface area contributed by atoms with Crippen LogP contribution in [-0.4, -0.2) is 23.3 Å². The summed E-state index contributed by atoms with van der Waals surface area (Å²) in [6.45, 7) is 0. The van der Waals surface area contributed by atoms with Crippen molar-refractivity contribution in [1.82, 2.24) is 4.98 Å². The zero-order chi connectivity index (χ0) is 16.9. The lowest BCUT2D eigenvalue weighted by molar-refractivity contribution is -0.274. The van der Waals surface area contributed by atoms with E-state index in [1.807, 2.05) is 0 Å². The van der Waals surface area contributed by atoms with Gasteiger partial charge >= 0.3 is 6.36 Å². The molecule has 0 aliphatic carbocycles. The maximum absolute atomic E-state index is 12.2. The molecule has 1 unspecified atom stereocenters. The molecule has 0 radical (unpaired) electrons. The normalized spacial score (nSPS) is 12.5. The van der Waals surface area contributed by atoms with E-state index >= 15 is 0 Å². The van der Waals surface area contributed by atoms with E-state index in [1.54, 1.807) is 24.5 Å². The van der Waals surface area contributed by atoms with Crippen LogP contribution in [0.3, 0.4) is 0 Å². The number of hydrogen-bond donors (Lipinski definition) is 2. The Hall–Kier alpha value is -2.61. The van der Waals surface area contributed by atoms with Gasteiger partial charge in [-0.3, -0.25) is 9.78 Å². The fraction of sp³-hybridized carbons (Fsp3) is 0.200. The van der Waals surface area contributed by atoms with E-state index in [0.717, 1.165) is 17.7 Å². The summed E-state index contributed by atoms with van der Waals surface area (Å²) in [5, 5.41) is 2.46. The number of carbonyl (C=O) groups is 1. The number of hydrogen-bond acceptors (Lipinski definition) is 4. The molecule has 122 valence electrons. The zero-order valence-corrected chi connectivity index (χ0v) is 11.9. The zero-order valence-electron chi connectivity index (χ0n) is 11.9. The molecule has 2 aromatic rings. The van der Waals surface area contributed by atoms with Gasteiger partial charge in [0.1, 0.15) is 5.75 Å². The van der Waals surface area contributed by atoms with E-state index in [2.05, 4.69) is 15.0 Å². The van der Waals surface area contributed by atoms with E-state index in [0.29, 0.717) is 0 Å². The van der Waals surface area contributed by atoms with Crippen LogP contribution in [0.4, 0.5) is 18.9 Å². The number of aromatic nitrogens is 1. The Morgan fingerprint density at radius 1 is 1.30 bits per heavy atom. The van der Waals surface area contributed by atoms with Gasteiger partial charge in [0.25, 0.3) is 0 Å². The van der Waals surface area contributed by atoms with Crippen molar-refractivity contribution in [2.24, 2.45) is 5.73 Å². The Labute approximate surface area is 130 Å². The summed E-state index contributed by atoms with van der Waals surface area (Å²) < 4.78 is 40.3. The standard InChI is InChI=1S/C15H14F3N3O2/c16-15(17,18)23-12-5-1-4-11(8-12)21-14(22)13(19)7-10-3-2-6-20-9-10/h1-6,8-9,13H,7,19H2,(H,21,22). The van der Waals surface area contributed by atoms with Crippen LogP contribution in [0.1, 0.15) is 5.56 Å². The molecule has 2 rings (SSSR count). The Morgan fingerprint density at radius 3 is 2.74 bits per heavy atom. The van der Waals surface area contributed by atoms with Crippen LogP contribution in [-0.2, 0) is 11.2 Å². The van der Waals surface area contributed by atoms with Gasteiger partial charge in [-0.05, 0) is 30.2 Å². The summed E-state index contributed by atoms with van der Waals surface area (Å²) in [4.78, 5) is 15.9. The molecule has 5 nitrogen and oxygen atoms in total. The molecule has 0 aliphatic rings. The highest BCUT2D eigenvalue weighted by Gasteiger charge is 2.31. The van der Waals surface area contributed by atoms with Gasteiger partial charge in [0.2, 0.25) is 5.91 Å². The molecular weight excluding hydrogens is 311 g/mol. The largest absolute Gasteiger partial charge is 0.573 e. The maximum Gasteiger partial charge on any atom is 0.573 e. The van der Waals surface area contributed by atoms with E-state index in [9.17, 15) is 18.0 Å². The maximum atomic E-state index is 12.2. The van der Waals surface area contributed by atoms with Crippen molar-refractivity contribution in [1.29, 1.82) is 0 Å². The summed E-state index contributed by atoms with van der Waals surface area (Å²) >= 11 is 0. The summed E-state index contributed by atoms with van der Waals surface area (Å²) in [6.07, 6.45) is -1.34. The van der Waals surface area contributed by atoms with Crippen molar-refractivity contribution in [3.05, 3.63) is 54.4 Å². The first-order valence-electron chi connectivity index (χ1n) is 6.64. The minimum atomic E-state index is -4.79. The van der Waals surface area contributed by atoms with E-state index in [4.69, 9.17) is 5.73 Å². The molecule has 0 saturated heterocycles. The smallest absolute Gasteiger partial charge is 0.406 e. The van der Waals surface area contributed by atoms with E-state index in [1.165, 1.54) is 12.1 Å². The first-order chi connectivity index (χ1) is 10.8. The SMILES string of the molecule is NC(Cc1cccnc1)C(=O)Nc1cccc(OC(F)(F)F)c1. The number of anilines is 1. The fourth-order valence-electron chi connectivity index (χ4n) is 1.87. The average Bonchev–Trinajstić information content (AvgIpc) is 2.46. The number of rotatable bonds is 5. The number of benzene rings is 1. The quantitative estimate of drug-likeness (QED) is 0.885. The molecule has 23 heavy (non-hydrogen) atoms. The molecule has 0 bridgehead atoms. The van der Waals surface area contributed by atoms with Crippen LogP contribution >= 0.6 is 0 Å². The number of nitrogens with two attached hydrogens (primary N) is 1. The lowest BCUT2D eigenvalue weighted by Gasteiger charge is -2.13. The first-order valence-corrected chi connectivity index (χ1v) is 6.64. The minimum Gasteiger partial charge on any atom is -0.406 e. The van der Waals surface area contributed by atoms with Crippen molar-refractivity contribution < 1.29 is 22.7 Å². The van der Waals surface area contributed by atoms with Crippen LogP contribution in [0.5, 0.6) is 5.75 Å². The van der Waals surface area contributed by atoms with Gasteiger partial charge in [0.05, 0.1) is 6.04 Å². The van der Waals surface area contributed by atoms with Gasteiger partial charge < -0.3 is 15.8 Å². The molecule has 0 saturated carbocycles. The van der Waals surface area contributed by atoms with Crippen LogP contribution in [0.2, 0.25) is 0 Å². The monoisotopic (exact) mass is 325 g/mol. The van der Waals surface area contributed by atoms with Gasteiger partial charge in [-0.15, -0.1) is 13.2 Å². The highest BCUT2D eigenvalue weighted by atomic mass is 19.4. The summed E-state index contributed by atoms with van der Waals surface area (Å²) in [6, 6.07) is 7.63. The number of amides is 1. The molecule has 8 heteroatoms. The number of carbonyl (C=O) groups excluding carboxylic acids is 1. The predicted molar refractivity (Wildman–Crippen MR) is 77.7 cm³/mol. The minimum absolute atomic E-state index is 0.165. The molecule has 1 atom stereocenters. The molecule has 0 spiro atoms. The third-order valence-corrected chi connectivity index (χ3v) is 2.85. The number of alkyl halides is 3. The number of nitrogens with one attached hydrogen (secondary N) is 1. The average molecular weight is 325 g/mol. The third-order valence-electron chi connectivity index (χ3n) is 2.85. The van der Waals surface area contributed by atoms with Crippen molar-refractivity contribution in [2.45, 2.75) is 18.8 Å². The molecule has 3 N–H and O–H groups in total. The van der Waals surface area contributed by atoms with Crippen LogP contribution in [0.15, 0.2) is 48.8 Å². The van der Waals surface area contributed by atoms with Crippen LogP contribution in [0, 0.1) is 0 Å². The van der Waals surface area contributed by atoms with Gasteiger partial charge in [-0.2, -0.15) is 0 Å². The fourth-order valence-corrected chi connectivity index (χ4v) is 1.87. The Kier molecular flexibility index (Phi) is 5.17. The number of ether oxygens (including phenoxy) is 1. The second-order valence-corrected chi connectivity index (χ2v) is 4.74. The Balaban J connectivity index is 1.98. The molecule has 0 aliphatic heterocycles. The molecule has 1 aromatic carbocycles. The second-order valence-electron chi connectivity index (χ2n) is 4.74. The molecule has 1 amide bonds. The lowest BCUT2D eigenvalue weighted by atomic mass is 10.1. The second kappa shape index (κ2) is 7.10. The highest BCUT2D eigenvalue weighted by Crippen LogP contribution is 2.25. The van der Waals surface area contributed by atoms with Gasteiger partial charge in [-0.25, -0.2) is 0 Å². The Morgan fingerprint density at radius 2 is 2.09 bits per heavy atom. The lowest BCUT2D eigenvalue weighted by Crippen LogP contribution is -2.37. The predicted octanol–water partition coefficient (Wildman–Crippen LogP) is 2.49. The van der Waals surface area contributed by atoms with Crippen molar-refractivity contribution in [2.75, 3.05) is 5.32 Å². The summed E-state index contributed by atoms with van der Waals surface area (Å²) in [7, 11) is 0. The third kappa shape index (κ3) is 5.59.